The highest BCUT2D eigenvalue weighted by molar-refractivity contribution is 6.35. The van der Waals surface area contributed by atoms with Crippen LogP contribution in [0.2, 0.25) is 10.0 Å². The van der Waals surface area contributed by atoms with Gasteiger partial charge in [-0.3, -0.25) is 0 Å². The molecule has 0 aromatic heterocycles. The minimum Gasteiger partial charge on any atom is -0.382 e. The van der Waals surface area contributed by atoms with Crippen molar-refractivity contribution in [1.82, 2.24) is 0 Å². The van der Waals surface area contributed by atoms with E-state index in [1.165, 1.54) is 0 Å². The first kappa shape index (κ1) is 10.1. The van der Waals surface area contributed by atoms with E-state index in [1.54, 1.807) is 6.07 Å². The standard InChI is InChI=1S/C10H12Cl2N2/c11-6-3-9(12)8-5-7(1-2-13)14-10(8)4-6/h3-4,7,14H,1-2,5,13H2. The summed E-state index contributed by atoms with van der Waals surface area (Å²) < 4.78 is 0. The van der Waals surface area contributed by atoms with Crippen LogP contribution in [0.1, 0.15) is 12.0 Å². The summed E-state index contributed by atoms with van der Waals surface area (Å²) in [6, 6.07) is 4.11. The van der Waals surface area contributed by atoms with Gasteiger partial charge in [-0.2, -0.15) is 0 Å². The summed E-state index contributed by atoms with van der Waals surface area (Å²) in [5.74, 6) is 0. The zero-order chi connectivity index (χ0) is 10.1. The zero-order valence-corrected chi connectivity index (χ0v) is 9.20. The van der Waals surface area contributed by atoms with Crippen molar-refractivity contribution in [2.24, 2.45) is 5.73 Å². The van der Waals surface area contributed by atoms with Crippen LogP contribution in [0.4, 0.5) is 5.69 Å². The molecule has 2 nitrogen and oxygen atoms in total. The molecule has 1 aromatic carbocycles. The lowest BCUT2D eigenvalue weighted by Gasteiger charge is -2.08. The first-order valence-electron chi connectivity index (χ1n) is 4.65. The molecule has 1 aromatic rings. The summed E-state index contributed by atoms with van der Waals surface area (Å²) in [4.78, 5) is 0. The van der Waals surface area contributed by atoms with Gasteiger partial charge in [0.2, 0.25) is 0 Å². The summed E-state index contributed by atoms with van der Waals surface area (Å²) in [5.41, 5.74) is 7.73. The fourth-order valence-corrected chi connectivity index (χ4v) is 2.40. The number of fused-ring (bicyclic) bond motifs is 1. The Morgan fingerprint density at radius 1 is 1.43 bits per heavy atom. The van der Waals surface area contributed by atoms with E-state index >= 15 is 0 Å². The van der Waals surface area contributed by atoms with Crippen LogP contribution >= 0.6 is 23.2 Å². The Bertz CT molecular complexity index is 352. The van der Waals surface area contributed by atoms with Crippen LogP contribution in [0.25, 0.3) is 0 Å². The van der Waals surface area contributed by atoms with Gasteiger partial charge in [-0.05, 0) is 37.1 Å². The number of nitrogens with one attached hydrogen (secondary N) is 1. The van der Waals surface area contributed by atoms with Gasteiger partial charge in [0.05, 0.1) is 0 Å². The van der Waals surface area contributed by atoms with E-state index in [1.807, 2.05) is 6.07 Å². The van der Waals surface area contributed by atoms with Gasteiger partial charge >= 0.3 is 0 Å². The minimum absolute atomic E-state index is 0.408. The number of hydrogen-bond donors (Lipinski definition) is 2. The largest absolute Gasteiger partial charge is 0.382 e. The third kappa shape index (κ3) is 1.83. The molecule has 1 unspecified atom stereocenters. The molecule has 0 aliphatic carbocycles. The van der Waals surface area contributed by atoms with Gasteiger partial charge in [-0.25, -0.2) is 0 Å². The third-order valence-electron chi connectivity index (χ3n) is 2.49. The van der Waals surface area contributed by atoms with Gasteiger partial charge in [0.15, 0.2) is 0 Å². The molecule has 0 saturated carbocycles. The molecule has 14 heavy (non-hydrogen) atoms. The van der Waals surface area contributed by atoms with Gasteiger partial charge in [0.25, 0.3) is 0 Å². The molecule has 4 heteroatoms. The average Bonchev–Trinajstić information content (AvgIpc) is 2.48. The molecule has 2 rings (SSSR count). The number of halogens is 2. The van der Waals surface area contributed by atoms with Gasteiger partial charge in [0.1, 0.15) is 0 Å². The Morgan fingerprint density at radius 2 is 2.21 bits per heavy atom. The molecule has 0 spiro atoms. The van der Waals surface area contributed by atoms with Gasteiger partial charge in [-0.1, -0.05) is 23.2 Å². The van der Waals surface area contributed by atoms with E-state index in [2.05, 4.69) is 5.32 Å². The average molecular weight is 231 g/mol. The van der Waals surface area contributed by atoms with Crippen molar-refractivity contribution in [3.63, 3.8) is 0 Å². The summed E-state index contributed by atoms with van der Waals surface area (Å²) >= 11 is 12.0. The maximum Gasteiger partial charge on any atom is 0.0474 e. The molecule has 1 heterocycles. The third-order valence-corrected chi connectivity index (χ3v) is 3.04. The van der Waals surface area contributed by atoms with Gasteiger partial charge < -0.3 is 11.1 Å². The second-order valence-corrected chi connectivity index (χ2v) is 4.38. The summed E-state index contributed by atoms with van der Waals surface area (Å²) in [6.45, 7) is 0.691. The molecule has 76 valence electrons. The van der Waals surface area contributed by atoms with Gasteiger partial charge in [0, 0.05) is 21.8 Å². The van der Waals surface area contributed by atoms with Crippen molar-refractivity contribution < 1.29 is 0 Å². The summed E-state index contributed by atoms with van der Waals surface area (Å²) in [7, 11) is 0. The number of anilines is 1. The van der Waals surface area contributed by atoms with E-state index in [4.69, 9.17) is 28.9 Å². The number of rotatable bonds is 2. The monoisotopic (exact) mass is 230 g/mol. The van der Waals surface area contributed by atoms with Crippen molar-refractivity contribution in [2.75, 3.05) is 11.9 Å². The van der Waals surface area contributed by atoms with Crippen LogP contribution in [-0.2, 0) is 6.42 Å². The molecule has 3 N–H and O–H groups in total. The predicted octanol–water partition coefficient (Wildman–Crippen LogP) is 2.68. The van der Waals surface area contributed by atoms with E-state index < -0.39 is 0 Å². The predicted molar refractivity (Wildman–Crippen MR) is 61.2 cm³/mol. The molecule has 1 aliphatic heterocycles. The lowest BCUT2D eigenvalue weighted by molar-refractivity contribution is 0.684. The second kappa shape index (κ2) is 3.97. The van der Waals surface area contributed by atoms with Crippen LogP contribution in [0, 0.1) is 0 Å². The number of hydrogen-bond acceptors (Lipinski definition) is 2. The Morgan fingerprint density at radius 3 is 2.93 bits per heavy atom. The second-order valence-electron chi connectivity index (χ2n) is 3.54. The van der Waals surface area contributed by atoms with Crippen molar-refractivity contribution in [3.8, 4) is 0 Å². The lowest BCUT2D eigenvalue weighted by Crippen LogP contribution is -2.19. The molecule has 0 amide bonds. The van der Waals surface area contributed by atoms with E-state index in [0.717, 1.165) is 29.1 Å². The smallest absolute Gasteiger partial charge is 0.0474 e. The molecular formula is C10H12Cl2N2. The lowest BCUT2D eigenvalue weighted by atomic mass is 10.1. The zero-order valence-electron chi connectivity index (χ0n) is 7.69. The molecule has 0 radical (unpaired) electrons. The normalized spacial score (nSPS) is 19.2. The fraction of sp³-hybridized carbons (Fsp3) is 0.400. The van der Waals surface area contributed by atoms with E-state index in [9.17, 15) is 0 Å². The molecule has 1 aliphatic rings. The molecule has 1 atom stereocenters. The minimum atomic E-state index is 0.408. The topological polar surface area (TPSA) is 38.0 Å². The number of benzene rings is 1. The number of nitrogens with two attached hydrogens (primary N) is 1. The fourth-order valence-electron chi connectivity index (χ4n) is 1.83. The van der Waals surface area contributed by atoms with E-state index in [0.29, 0.717) is 17.6 Å². The van der Waals surface area contributed by atoms with E-state index in [-0.39, 0.29) is 0 Å². The Balaban J connectivity index is 2.26. The van der Waals surface area contributed by atoms with Crippen molar-refractivity contribution in [1.29, 1.82) is 0 Å². The molecule has 0 bridgehead atoms. The Labute approximate surface area is 93.4 Å². The van der Waals surface area contributed by atoms with Crippen molar-refractivity contribution in [2.45, 2.75) is 18.9 Å². The maximum atomic E-state index is 6.08. The quantitative estimate of drug-likeness (QED) is 0.821. The first-order chi connectivity index (χ1) is 6.70. The molecule has 0 fully saturated rings. The van der Waals surface area contributed by atoms with Crippen LogP contribution in [0.5, 0.6) is 0 Å². The van der Waals surface area contributed by atoms with Crippen molar-refractivity contribution >= 4 is 28.9 Å². The molecule has 0 saturated heterocycles. The van der Waals surface area contributed by atoms with Gasteiger partial charge in [-0.15, -0.1) is 0 Å². The van der Waals surface area contributed by atoms with Crippen molar-refractivity contribution in [3.05, 3.63) is 27.7 Å². The summed E-state index contributed by atoms with van der Waals surface area (Å²) in [6.07, 6.45) is 1.91. The highest BCUT2D eigenvalue weighted by Crippen LogP contribution is 2.35. The maximum absolute atomic E-state index is 6.08. The first-order valence-corrected chi connectivity index (χ1v) is 5.41. The van der Waals surface area contributed by atoms with Crippen LogP contribution in [-0.4, -0.2) is 12.6 Å². The Kier molecular flexibility index (Phi) is 2.86. The van der Waals surface area contributed by atoms with Crippen LogP contribution in [0.15, 0.2) is 12.1 Å². The Hall–Kier alpha value is -0.440. The highest BCUT2D eigenvalue weighted by Gasteiger charge is 2.22. The van der Waals surface area contributed by atoms with Crippen LogP contribution in [0.3, 0.4) is 0 Å². The summed E-state index contributed by atoms with van der Waals surface area (Å²) in [5, 5.41) is 4.79. The molecular weight excluding hydrogens is 219 g/mol. The highest BCUT2D eigenvalue weighted by atomic mass is 35.5. The SMILES string of the molecule is NCCC1Cc2c(Cl)cc(Cl)cc2N1. The van der Waals surface area contributed by atoms with Crippen LogP contribution < -0.4 is 11.1 Å².